The Labute approximate surface area is 155 Å². The zero-order valence-electron chi connectivity index (χ0n) is 14.1. The minimum atomic E-state index is 0. The molecule has 0 saturated heterocycles. The monoisotopic (exact) mass is 350 g/mol. The molecule has 0 aromatic heterocycles. The molecular formula is C21H22SiTi-4. The molecule has 2 aromatic carbocycles. The van der Waals surface area contributed by atoms with E-state index in [0.717, 1.165) is 12.8 Å². The standard InChI is InChI=1S/C13H9.C6H7.2CH3.Si.Ti/c1-3-7-12-10(5-1)9-11-6-2-4-8-13(11)12;1-6-4-2-3-5-6;;;;/h1-5,7-8H,9H2;2,4H,3H2,1H3;2*1H3;;/q4*-1;;. The Kier molecular flexibility index (Phi) is 10.8. The SMILES string of the molecule is CC1=[C-]CC=C1.[CH3-].[CH3-].[Si]=[Ti].[c-]1cccc2c1Cc1ccccc1-2. The van der Waals surface area contributed by atoms with Gasteiger partial charge in [0.15, 0.2) is 0 Å². The van der Waals surface area contributed by atoms with Crippen molar-refractivity contribution in [2.24, 2.45) is 0 Å². The van der Waals surface area contributed by atoms with E-state index in [-0.39, 0.29) is 14.9 Å². The largest absolute Gasteiger partial charge is 0.179 e. The molecule has 0 nitrogen and oxygen atoms in total. The molecule has 4 rings (SSSR count). The summed E-state index contributed by atoms with van der Waals surface area (Å²) < 4.78 is 0. The quantitative estimate of drug-likeness (QED) is 0.383. The van der Waals surface area contributed by atoms with Gasteiger partial charge in [0.25, 0.3) is 0 Å². The number of rotatable bonds is 0. The molecule has 0 heterocycles. The Balaban J connectivity index is 0.000000418. The van der Waals surface area contributed by atoms with E-state index in [0.29, 0.717) is 0 Å². The van der Waals surface area contributed by atoms with Gasteiger partial charge in [-0.05, 0) is 6.42 Å². The minimum Gasteiger partial charge on any atom is -0.179 e. The molecule has 2 radical (unpaired) electrons. The summed E-state index contributed by atoms with van der Waals surface area (Å²) in [5, 5.41) is 0. The van der Waals surface area contributed by atoms with Crippen LogP contribution in [0.25, 0.3) is 11.1 Å². The van der Waals surface area contributed by atoms with Gasteiger partial charge in [0.2, 0.25) is 0 Å². The van der Waals surface area contributed by atoms with Crippen LogP contribution in [0.2, 0.25) is 0 Å². The van der Waals surface area contributed by atoms with Crippen molar-refractivity contribution < 1.29 is 19.2 Å². The van der Waals surface area contributed by atoms with E-state index in [1.165, 1.54) is 27.8 Å². The van der Waals surface area contributed by atoms with Gasteiger partial charge in [0.05, 0.1) is 0 Å². The molecule has 2 aromatic rings. The van der Waals surface area contributed by atoms with E-state index in [2.05, 4.69) is 75.2 Å². The van der Waals surface area contributed by atoms with Crippen LogP contribution in [-0.4, -0.2) is 7.63 Å². The average molecular weight is 350 g/mol. The van der Waals surface area contributed by atoms with Crippen LogP contribution in [0.15, 0.2) is 60.2 Å². The second-order valence-electron chi connectivity index (χ2n) is 4.86. The van der Waals surface area contributed by atoms with E-state index >= 15 is 0 Å². The van der Waals surface area contributed by atoms with Crippen LogP contribution in [0.5, 0.6) is 0 Å². The second-order valence-corrected chi connectivity index (χ2v) is 4.86. The van der Waals surface area contributed by atoms with Crippen LogP contribution in [-0.2, 0) is 25.6 Å². The predicted molar refractivity (Wildman–Crippen MR) is 98.3 cm³/mol. The van der Waals surface area contributed by atoms with Crippen molar-refractivity contribution in [2.75, 3.05) is 0 Å². The van der Waals surface area contributed by atoms with Crippen LogP contribution in [0.3, 0.4) is 0 Å². The molecule has 23 heavy (non-hydrogen) atoms. The Hall–Kier alpha value is -1.15. The van der Waals surface area contributed by atoms with Gasteiger partial charge in [-0.25, -0.2) is 11.6 Å². The molecule has 0 fully saturated rings. The van der Waals surface area contributed by atoms with E-state index in [9.17, 15) is 0 Å². The smallest absolute Gasteiger partial charge is 0.0253 e. The molecule has 0 bridgehead atoms. The first-order chi connectivity index (χ1) is 10.3. The van der Waals surface area contributed by atoms with Gasteiger partial charge in [0.1, 0.15) is 0 Å². The Morgan fingerprint density at radius 1 is 1.00 bits per heavy atom. The molecule has 2 aliphatic rings. The Morgan fingerprint density at radius 2 is 1.70 bits per heavy atom. The summed E-state index contributed by atoms with van der Waals surface area (Å²) in [7, 11) is 2.97. The third-order valence-electron chi connectivity index (χ3n) is 3.48. The topological polar surface area (TPSA) is 0 Å². The molecule has 0 saturated carbocycles. The van der Waals surface area contributed by atoms with E-state index in [1.54, 1.807) is 19.2 Å². The molecule has 2 heteroatoms. The van der Waals surface area contributed by atoms with E-state index in [4.69, 9.17) is 0 Å². The zero-order chi connectivity index (χ0) is 15.1. The maximum atomic E-state index is 3.30. The first-order valence-electron chi connectivity index (χ1n) is 6.91. The van der Waals surface area contributed by atoms with Gasteiger partial charge in [-0.3, -0.25) is 6.08 Å². The first-order valence-corrected chi connectivity index (χ1v) is 9.75. The fraction of sp³-hybridized carbons (Fsp3) is 0.143. The molecule has 0 atom stereocenters. The molecular weight excluding hydrogens is 328 g/mol. The van der Waals surface area contributed by atoms with Crippen LogP contribution in [0.1, 0.15) is 24.5 Å². The number of fused-ring (bicyclic) bond motifs is 3. The molecule has 0 unspecified atom stereocenters. The molecule has 0 aliphatic heterocycles. The van der Waals surface area contributed by atoms with Crippen LogP contribution in [0.4, 0.5) is 0 Å². The summed E-state index contributed by atoms with van der Waals surface area (Å²) in [6, 6.07) is 18.1. The normalized spacial score (nSPS) is 11.9. The van der Waals surface area contributed by atoms with Crippen molar-refractivity contribution in [3.05, 3.63) is 98.3 Å². The zero-order valence-corrected chi connectivity index (χ0v) is 16.7. The first kappa shape index (κ1) is 21.9. The van der Waals surface area contributed by atoms with Crippen molar-refractivity contribution in [1.29, 1.82) is 0 Å². The van der Waals surface area contributed by atoms with Crippen molar-refractivity contribution in [3.8, 4) is 11.1 Å². The van der Waals surface area contributed by atoms with Crippen molar-refractivity contribution >= 4 is 7.63 Å². The van der Waals surface area contributed by atoms with Crippen LogP contribution < -0.4 is 0 Å². The number of hydrogen-bond donors (Lipinski definition) is 0. The van der Waals surface area contributed by atoms with Gasteiger partial charge in [-0.1, -0.05) is 42.3 Å². The van der Waals surface area contributed by atoms with Gasteiger partial charge in [-0.2, -0.15) is 35.9 Å². The molecule has 0 amide bonds. The molecule has 2 aliphatic carbocycles. The molecule has 0 spiro atoms. The second kappa shape index (κ2) is 11.4. The predicted octanol–water partition coefficient (Wildman–Crippen LogP) is 5.27. The number of allylic oxidation sites excluding steroid dienone is 4. The molecule has 0 N–H and O–H groups in total. The Bertz CT molecular complexity index is 625. The average Bonchev–Trinajstić information content (AvgIpc) is 3.16. The number of benzene rings is 2. The third kappa shape index (κ3) is 5.77. The summed E-state index contributed by atoms with van der Waals surface area (Å²) in [5.41, 5.74) is 6.78. The van der Waals surface area contributed by atoms with Crippen molar-refractivity contribution in [3.63, 3.8) is 0 Å². The van der Waals surface area contributed by atoms with Gasteiger partial charge in [0, 0.05) is 0 Å². The fourth-order valence-corrected chi connectivity index (χ4v) is 2.51. The summed E-state index contributed by atoms with van der Waals surface area (Å²) >= 11 is 1.81. The Morgan fingerprint density at radius 3 is 2.30 bits per heavy atom. The summed E-state index contributed by atoms with van der Waals surface area (Å²) in [6.45, 7) is 2.06. The van der Waals surface area contributed by atoms with E-state index < -0.39 is 0 Å². The molecule has 118 valence electrons. The maximum Gasteiger partial charge on any atom is -0.0253 e. The number of hydrogen-bond acceptors (Lipinski definition) is 0. The maximum absolute atomic E-state index is 3.30. The van der Waals surface area contributed by atoms with Gasteiger partial charge in [-0.15, -0.1) is 12.0 Å². The third-order valence-corrected chi connectivity index (χ3v) is 3.48. The van der Waals surface area contributed by atoms with Crippen LogP contribution in [0, 0.1) is 27.0 Å². The fourth-order valence-electron chi connectivity index (χ4n) is 2.51. The van der Waals surface area contributed by atoms with Crippen molar-refractivity contribution in [1.82, 2.24) is 0 Å². The van der Waals surface area contributed by atoms with Crippen molar-refractivity contribution in [2.45, 2.75) is 19.8 Å². The van der Waals surface area contributed by atoms with Crippen LogP contribution >= 0.6 is 0 Å². The summed E-state index contributed by atoms with van der Waals surface area (Å²) in [6.07, 6.45) is 9.38. The summed E-state index contributed by atoms with van der Waals surface area (Å²) in [4.78, 5) is 0. The minimum absolute atomic E-state index is 0. The summed E-state index contributed by atoms with van der Waals surface area (Å²) in [5.74, 6) is 0. The van der Waals surface area contributed by atoms with E-state index in [1.807, 2.05) is 6.07 Å². The van der Waals surface area contributed by atoms with Gasteiger partial charge >= 0.3 is 26.8 Å². The van der Waals surface area contributed by atoms with Gasteiger partial charge < -0.3 is 14.9 Å².